The van der Waals surface area contributed by atoms with E-state index in [4.69, 9.17) is 9.47 Å². The number of likely N-dealkylation sites (tertiary alicyclic amines) is 1. The Bertz CT molecular complexity index is 533. The second kappa shape index (κ2) is 7.32. The molecule has 0 aromatic heterocycles. The average molecular weight is 318 g/mol. The molecular formula is C18H26N2O3. The number of piperidine rings is 1. The third-order valence-electron chi connectivity index (χ3n) is 5.01. The van der Waals surface area contributed by atoms with Gasteiger partial charge >= 0.3 is 0 Å². The van der Waals surface area contributed by atoms with E-state index in [0.29, 0.717) is 13.1 Å². The largest absolute Gasteiger partial charge is 0.496 e. The fraction of sp³-hybridized carbons (Fsp3) is 0.611. The van der Waals surface area contributed by atoms with Crippen LogP contribution in [0.4, 0.5) is 0 Å². The molecule has 1 N–H and O–H groups in total. The summed E-state index contributed by atoms with van der Waals surface area (Å²) in [5.41, 5.74) is 1.27. The Labute approximate surface area is 137 Å². The fourth-order valence-corrected chi connectivity index (χ4v) is 3.41. The van der Waals surface area contributed by atoms with Gasteiger partial charge in [-0.05, 0) is 37.3 Å². The van der Waals surface area contributed by atoms with Gasteiger partial charge in [-0.3, -0.25) is 9.69 Å². The fourth-order valence-electron chi connectivity index (χ4n) is 3.41. The molecule has 5 heteroatoms. The van der Waals surface area contributed by atoms with Crippen molar-refractivity contribution in [1.29, 1.82) is 0 Å². The number of hydrogen-bond acceptors (Lipinski definition) is 4. The van der Waals surface area contributed by atoms with Gasteiger partial charge in [0.25, 0.3) is 0 Å². The van der Waals surface area contributed by atoms with Crippen molar-refractivity contribution in [3.05, 3.63) is 29.8 Å². The second-order valence-corrected chi connectivity index (χ2v) is 6.47. The summed E-state index contributed by atoms with van der Waals surface area (Å²) in [6.45, 7) is 3.95. The van der Waals surface area contributed by atoms with Crippen molar-refractivity contribution in [2.24, 2.45) is 0 Å². The lowest BCUT2D eigenvalue weighted by molar-refractivity contribution is -0.173. The molecule has 2 aliphatic heterocycles. The van der Waals surface area contributed by atoms with Crippen LogP contribution in [0.25, 0.3) is 0 Å². The molecule has 1 aromatic carbocycles. The Morgan fingerprint density at radius 2 is 2.04 bits per heavy atom. The Kier molecular flexibility index (Phi) is 5.18. The molecule has 0 bridgehead atoms. The first-order valence-corrected chi connectivity index (χ1v) is 8.46. The van der Waals surface area contributed by atoms with Crippen molar-refractivity contribution in [3.63, 3.8) is 0 Å². The van der Waals surface area contributed by atoms with Gasteiger partial charge in [-0.15, -0.1) is 0 Å². The lowest BCUT2D eigenvalue weighted by Crippen LogP contribution is -2.53. The molecule has 126 valence electrons. The molecule has 23 heavy (non-hydrogen) atoms. The summed E-state index contributed by atoms with van der Waals surface area (Å²) in [5.74, 6) is 0.981. The zero-order valence-corrected chi connectivity index (χ0v) is 13.8. The van der Waals surface area contributed by atoms with E-state index in [1.54, 1.807) is 7.11 Å². The molecule has 0 saturated carbocycles. The molecule has 2 fully saturated rings. The lowest BCUT2D eigenvalue weighted by Gasteiger charge is -2.47. The molecule has 1 spiro atoms. The van der Waals surface area contributed by atoms with E-state index in [9.17, 15) is 4.79 Å². The molecule has 0 unspecified atom stereocenters. The van der Waals surface area contributed by atoms with Gasteiger partial charge in [0.15, 0.2) is 0 Å². The molecular weight excluding hydrogens is 292 g/mol. The number of amides is 1. The molecule has 0 aliphatic carbocycles. The van der Waals surface area contributed by atoms with E-state index in [1.165, 1.54) is 6.42 Å². The predicted octanol–water partition coefficient (Wildman–Crippen LogP) is 1.61. The number of ether oxygens (including phenoxy) is 2. The van der Waals surface area contributed by atoms with Crippen LogP contribution in [-0.4, -0.2) is 56.3 Å². The first kappa shape index (κ1) is 16.3. The number of hydrogen-bond donors (Lipinski definition) is 1. The van der Waals surface area contributed by atoms with Crippen LogP contribution >= 0.6 is 0 Å². The van der Waals surface area contributed by atoms with E-state index in [0.717, 1.165) is 50.3 Å². The normalized spacial score (nSPS) is 20.0. The molecule has 0 atom stereocenters. The number of para-hydroxylation sites is 1. The van der Waals surface area contributed by atoms with Crippen molar-refractivity contribution in [3.8, 4) is 5.75 Å². The minimum atomic E-state index is 0.102. The Morgan fingerprint density at radius 3 is 2.70 bits per heavy atom. The molecule has 2 heterocycles. The van der Waals surface area contributed by atoms with Crippen LogP contribution in [0.3, 0.4) is 0 Å². The minimum Gasteiger partial charge on any atom is -0.496 e. The topological polar surface area (TPSA) is 50.8 Å². The molecule has 0 radical (unpaired) electrons. The maximum atomic E-state index is 12.1. The predicted molar refractivity (Wildman–Crippen MR) is 88.7 cm³/mol. The van der Waals surface area contributed by atoms with E-state index >= 15 is 0 Å². The Morgan fingerprint density at radius 1 is 1.30 bits per heavy atom. The van der Waals surface area contributed by atoms with Gasteiger partial charge in [-0.25, -0.2) is 0 Å². The van der Waals surface area contributed by atoms with Crippen LogP contribution in [-0.2, 0) is 16.0 Å². The van der Waals surface area contributed by atoms with E-state index < -0.39 is 0 Å². The number of methoxy groups -OCH3 is 1. The third-order valence-corrected chi connectivity index (χ3v) is 5.01. The van der Waals surface area contributed by atoms with Crippen molar-refractivity contribution in [1.82, 2.24) is 10.2 Å². The molecule has 1 aromatic rings. The first-order valence-electron chi connectivity index (χ1n) is 8.46. The van der Waals surface area contributed by atoms with Crippen molar-refractivity contribution < 1.29 is 14.3 Å². The highest BCUT2D eigenvalue weighted by molar-refractivity contribution is 5.78. The maximum absolute atomic E-state index is 12.1. The molecule has 3 rings (SSSR count). The summed E-state index contributed by atoms with van der Waals surface area (Å²) < 4.78 is 11.0. The Balaban J connectivity index is 1.37. The number of carbonyl (C=O) groups is 1. The van der Waals surface area contributed by atoms with Gasteiger partial charge in [0.05, 0.1) is 25.9 Å². The van der Waals surface area contributed by atoms with Crippen LogP contribution in [0.2, 0.25) is 0 Å². The van der Waals surface area contributed by atoms with Crippen LogP contribution in [0.5, 0.6) is 5.75 Å². The summed E-state index contributed by atoms with van der Waals surface area (Å²) in [6, 6.07) is 7.93. The van der Waals surface area contributed by atoms with Crippen LogP contribution in [0, 0.1) is 0 Å². The number of nitrogens with zero attached hydrogens (tertiary/aromatic N) is 1. The molecule has 1 amide bonds. The van der Waals surface area contributed by atoms with Gasteiger partial charge in [-0.1, -0.05) is 18.2 Å². The SMILES string of the molecule is COc1ccccc1CCNC(=O)CN1CCC2(CCO2)CC1. The first-order chi connectivity index (χ1) is 11.2. The van der Waals surface area contributed by atoms with Crippen LogP contribution in [0.15, 0.2) is 24.3 Å². The zero-order chi connectivity index (χ0) is 16.1. The summed E-state index contributed by atoms with van der Waals surface area (Å²) in [4.78, 5) is 14.3. The van der Waals surface area contributed by atoms with Crippen molar-refractivity contribution in [2.75, 3.05) is 39.9 Å². The average Bonchev–Trinajstić information content (AvgIpc) is 2.54. The van der Waals surface area contributed by atoms with Crippen LogP contribution in [0.1, 0.15) is 24.8 Å². The van der Waals surface area contributed by atoms with E-state index in [-0.39, 0.29) is 11.5 Å². The second-order valence-electron chi connectivity index (χ2n) is 6.47. The van der Waals surface area contributed by atoms with Gasteiger partial charge in [0.2, 0.25) is 5.91 Å². The summed E-state index contributed by atoms with van der Waals surface area (Å²) in [7, 11) is 1.67. The number of benzene rings is 1. The Hall–Kier alpha value is -1.59. The highest BCUT2D eigenvalue weighted by atomic mass is 16.5. The zero-order valence-electron chi connectivity index (χ0n) is 13.8. The highest BCUT2D eigenvalue weighted by Gasteiger charge is 2.41. The van der Waals surface area contributed by atoms with Gasteiger partial charge in [0, 0.05) is 19.6 Å². The summed E-state index contributed by atoms with van der Waals surface area (Å²) in [5, 5.41) is 3.01. The summed E-state index contributed by atoms with van der Waals surface area (Å²) >= 11 is 0. The third kappa shape index (κ3) is 4.03. The van der Waals surface area contributed by atoms with Crippen molar-refractivity contribution >= 4 is 5.91 Å². The van der Waals surface area contributed by atoms with Gasteiger partial charge < -0.3 is 14.8 Å². The van der Waals surface area contributed by atoms with Crippen molar-refractivity contribution in [2.45, 2.75) is 31.3 Å². The monoisotopic (exact) mass is 318 g/mol. The van der Waals surface area contributed by atoms with E-state index in [1.807, 2.05) is 24.3 Å². The molecule has 2 saturated heterocycles. The number of carbonyl (C=O) groups excluding carboxylic acids is 1. The summed E-state index contributed by atoms with van der Waals surface area (Å²) in [6.07, 6.45) is 4.08. The van der Waals surface area contributed by atoms with Gasteiger partial charge in [0.1, 0.15) is 5.75 Å². The minimum absolute atomic E-state index is 0.102. The molecule has 2 aliphatic rings. The number of rotatable bonds is 6. The quantitative estimate of drug-likeness (QED) is 0.866. The van der Waals surface area contributed by atoms with E-state index in [2.05, 4.69) is 10.2 Å². The lowest BCUT2D eigenvalue weighted by atomic mass is 9.84. The highest BCUT2D eigenvalue weighted by Crippen LogP contribution is 2.36. The van der Waals surface area contributed by atoms with Gasteiger partial charge in [-0.2, -0.15) is 0 Å². The number of nitrogens with one attached hydrogen (secondary N) is 1. The van der Waals surface area contributed by atoms with Crippen LogP contribution < -0.4 is 10.1 Å². The molecule has 5 nitrogen and oxygen atoms in total. The maximum Gasteiger partial charge on any atom is 0.234 e. The smallest absolute Gasteiger partial charge is 0.234 e. The standard InChI is InChI=1S/C18H26N2O3/c1-22-16-5-3-2-4-15(16)6-10-19-17(21)14-20-11-7-18(8-12-20)9-13-23-18/h2-5H,6-14H2,1H3,(H,19,21).